The zero-order valence-corrected chi connectivity index (χ0v) is 25.7. The Bertz CT molecular complexity index is 1930. The molecule has 0 bridgehead atoms. The van der Waals surface area contributed by atoms with Crippen molar-refractivity contribution in [2.45, 2.75) is 20.3 Å². The zero-order chi connectivity index (χ0) is 33.0. The van der Waals surface area contributed by atoms with Crippen LogP contribution in [0.2, 0.25) is 0 Å². The molecule has 0 aliphatic rings. The Labute approximate surface area is 269 Å². The third kappa shape index (κ3) is 9.21. The average Bonchev–Trinajstić information content (AvgIpc) is 3.41. The first-order valence-electron chi connectivity index (χ1n) is 14.4. The van der Waals surface area contributed by atoms with Crippen LogP contribution in [0.5, 0.6) is 23.0 Å². The Hall–Kier alpha value is -6.57. The first-order chi connectivity index (χ1) is 22.9. The van der Waals surface area contributed by atoms with Crippen LogP contribution in [0, 0.1) is 6.92 Å². The monoisotopic (exact) mass is 630 g/mol. The molecule has 0 aliphatic carbocycles. The highest BCUT2D eigenvalue weighted by molar-refractivity contribution is 6.02. The normalized spacial score (nSPS) is 10.3. The molecule has 0 aliphatic heterocycles. The van der Waals surface area contributed by atoms with Crippen LogP contribution in [0.1, 0.15) is 39.4 Å². The number of hydrogen-bond acceptors (Lipinski definition) is 11. The molecule has 2 amide bonds. The van der Waals surface area contributed by atoms with Crippen molar-refractivity contribution in [1.82, 2.24) is 39.7 Å². The second-order valence-electron chi connectivity index (χ2n) is 9.72. The number of nitrogens with one attached hydrogen (secondary N) is 2. The highest BCUT2D eigenvalue weighted by atomic mass is 16.5. The molecule has 6 aromatic heterocycles. The van der Waals surface area contributed by atoms with Crippen molar-refractivity contribution in [3.05, 3.63) is 127 Å². The molecule has 0 aromatic carbocycles. The van der Waals surface area contributed by atoms with Crippen LogP contribution >= 0.6 is 0 Å². The van der Waals surface area contributed by atoms with Gasteiger partial charge in [-0.2, -0.15) is 4.98 Å². The summed E-state index contributed by atoms with van der Waals surface area (Å²) in [6.45, 7) is 3.80. The van der Waals surface area contributed by atoms with Gasteiger partial charge in [0.2, 0.25) is 5.95 Å². The van der Waals surface area contributed by atoms with Crippen molar-refractivity contribution >= 4 is 23.6 Å². The first kappa shape index (κ1) is 31.8. The molecule has 2 N–H and O–H groups in total. The van der Waals surface area contributed by atoms with Crippen LogP contribution in [-0.2, 0) is 13.5 Å². The lowest BCUT2D eigenvalue weighted by molar-refractivity contribution is 0.101. The van der Waals surface area contributed by atoms with E-state index in [1.807, 2.05) is 19.1 Å². The van der Waals surface area contributed by atoms with Crippen molar-refractivity contribution in [3.8, 4) is 23.0 Å². The van der Waals surface area contributed by atoms with Gasteiger partial charge in [-0.1, -0.05) is 13.0 Å². The maximum absolute atomic E-state index is 12.3. The number of hydrogen-bond donors (Lipinski definition) is 2. The fourth-order valence-corrected chi connectivity index (χ4v) is 3.89. The van der Waals surface area contributed by atoms with E-state index in [1.54, 1.807) is 92.0 Å². The minimum Gasteiger partial charge on any atom is -0.456 e. The predicted octanol–water partition coefficient (Wildman–Crippen LogP) is 5.44. The topological polar surface area (TPSA) is 172 Å². The Kier molecular flexibility index (Phi) is 10.5. The van der Waals surface area contributed by atoms with E-state index in [4.69, 9.17) is 9.47 Å². The summed E-state index contributed by atoms with van der Waals surface area (Å²) in [5.74, 6) is 2.85. The van der Waals surface area contributed by atoms with E-state index < -0.39 is 5.91 Å². The number of ether oxygens (including phenoxy) is 2. The van der Waals surface area contributed by atoms with E-state index in [1.165, 1.54) is 18.5 Å². The van der Waals surface area contributed by atoms with E-state index >= 15 is 0 Å². The molecule has 236 valence electrons. The molecule has 0 saturated heterocycles. The second-order valence-corrected chi connectivity index (χ2v) is 9.72. The smallest absolute Gasteiger partial charge is 0.276 e. The molecule has 14 nitrogen and oxygen atoms in total. The van der Waals surface area contributed by atoms with Gasteiger partial charge in [0.1, 0.15) is 46.0 Å². The first-order valence-corrected chi connectivity index (χ1v) is 14.4. The van der Waals surface area contributed by atoms with Crippen molar-refractivity contribution in [2.24, 2.45) is 7.05 Å². The Morgan fingerprint density at radius 3 is 1.83 bits per heavy atom. The standard InChI is InChI=1S/C18H16N4O2.C15H14N6O2/c1-2-13-5-3-7-17(21-13)22-18(23)16-11-14(8-10-20-16)24-15-6-4-9-19-12-15;1-10-18-15(20-21(10)2)19-14(22)13-8-11(5-7-17-13)23-12-4-3-6-16-9-12/h3-12H,2H2,1H3,(H,21,22,23);3-9H,1-2H3,(H,19,20,22). The quantitative estimate of drug-likeness (QED) is 0.208. The second kappa shape index (κ2) is 15.4. The molecule has 14 heteroatoms. The predicted molar refractivity (Wildman–Crippen MR) is 172 cm³/mol. The van der Waals surface area contributed by atoms with Gasteiger partial charge >= 0.3 is 0 Å². The van der Waals surface area contributed by atoms with E-state index in [-0.39, 0.29) is 23.2 Å². The fraction of sp³-hybridized carbons (Fsp3) is 0.121. The molecule has 0 unspecified atom stereocenters. The number of rotatable bonds is 9. The molecule has 0 radical (unpaired) electrons. The van der Waals surface area contributed by atoms with Gasteiger partial charge in [-0.15, -0.1) is 5.10 Å². The van der Waals surface area contributed by atoms with Crippen molar-refractivity contribution in [3.63, 3.8) is 0 Å². The van der Waals surface area contributed by atoms with Crippen molar-refractivity contribution < 1.29 is 19.1 Å². The number of anilines is 2. The molecule has 6 aromatic rings. The van der Waals surface area contributed by atoms with Crippen LogP contribution in [-0.4, -0.2) is 51.5 Å². The molecule has 47 heavy (non-hydrogen) atoms. The summed E-state index contributed by atoms with van der Waals surface area (Å²) in [7, 11) is 1.75. The highest BCUT2D eigenvalue weighted by Crippen LogP contribution is 2.22. The number of pyridine rings is 5. The maximum Gasteiger partial charge on any atom is 0.276 e. The van der Waals surface area contributed by atoms with E-state index in [0.29, 0.717) is 34.6 Å². The maximum atomic E-state index is 12.3. The van der Waals surface area contributed by atoms with Crippen LogP contribution in [0.3, 0.4) is 0 Å². The number of nitrogens with zero attached hydrogens (tertiary/aromatic N) is 8. The minimum absolute atomic E-state index is 0.205. The lowest BCUT2D eigenvalue weighted by atomic mass is 10.3. The lowest BCUT2D eigenvalue weighted by Crippen LogP contribution is -2.14. The van der Waals surface area contributed by atoms with Gasteiger partial charge in [0.25, 0.3) is 11.8 Å². The number of aryl methyl sites for hydroxylation is 3. The van der Waals surface area contributed by atoms with Crippen LogP contribution in [0.4, 0.5) is 11.8 Å². The molecule has 6 heterocycles. The fourth-order valence-electron chi connectivity index (χ4n) is 3.89. The summed E-state index contributed by atoms with van der Waals surface area (Å²) in [6, 6.07) is 19.1. The summed E-state index contributed by atoms with van der Waals surface area (Å²) in [6.07, 6.45) is 10.3. The molecular formula is C33H30N10O4. The lowest BCUT2D eigenvalue weighted by Gasteiger charge is -2.08. The Morgan fingerprint density at radius 1 is 0.723 bits per heavy atom. The van der Waals surface area contributed by atoms with E-state index in [0.717, 1.165) is 12.1 Å². The van der Waals surface area contributed by atoms with Gasteiger partial charge in [0.15, 0.2) is 0 Å². The van der Waals surface area contributed by atoms with Crippen LogP contribution < -0.4 is 20.1 Å². The molecule has 0 saturated carbocycles. The molecule has 0 fully saturated rings. The molecule has 6 rings (SSSR count). The molecule has 0 spiro atoms. The van der Waals surface area contributed by atoms with Gasteiger partial charge < -0.3 is 14.8 Å². The van der Waals surface area contributed by atoms with Crippen LogP contribution in [0.25, 0.3) is 0 Å². The summed E-state index contributed by atoms with van der Waals surface area (Å²) in [5, 5.41) is 9.41. The Balaban J connectivity index is 0.000000185. The van der Waals surface area contributed by atoms with E-state index in [2.05, 4.69) is 45.6 Å². The van der Waals surface area contributed by atoms with Gasteiger partial charge in [-0.05, 0) is 61.9 Å². The largest absolute Gasteiger partial charge is 0.456 e. The SMILES string of the molecule is CCc1cccc(NC(=O)c2cc(Oc3cccnc3)ccn2)n1.Cc1nc(NC(=O)c2cc(Oc3cccnc3)ccn2)nn1C. The number of carbonyl (C=O) groups excluding carboxylic acids is 2. The summed E-state index contributed by atoms with van der Waals surface area (Å²) < 4.78 is 12.9. The molecular weight excluding hydrogens is 600 g/mol. The Morgan fingerprint density at radius 2 is 1.32 bits per heavy atom. The number of aromatic nitrogens is 8. The van der Waals surface area contributed by atoms with E-state index in [9.17, 15) is 9.59 Å². The average molecular weight is 631 g/mol. The summed E-state index contributed by atoms with van der Waals surface area (Å²) in [5.41, 5.74) is 1.37. The minimum atomic E-state index is -0.410. The summed E-state index contributed by atoms with van der Waals surface area (Å²) in [4.78, 5) is 49.1. The van der Waals surface area contributed by atoms with Gasteiger partial charge in [0, 0.05) is 49.7 Å². The van der Waals surface area contributed by atoms with Crippen molar-refractivity contribution in [1.29, 1.82) is 0 Å². The van der Waals surface area contributed by atoms with Gasteiger partial charge in [-0.25, -0.2) is 4.98 Å². The number of amides is 2. The van der Waals surface area contributed by atoms with Gasteiger partial charge in [0.05, 0.1) is 12.4 Å². The van der Waals surface area contributed by atoms with Gasteiger partial charge in [-0.3, -0.25) is 39.5 Å². The third-order valence-electron chi connectivity index (χ3n) is 6.28. The van der Waals surface area contributed by atoms with Crippen molar-refractivity contribution in [2.75, 3.05) is 10.6 Å². The highest BCUT2D eigenvalue weighted by Gasteiger charge is 2.13. The zero-order valence-electron chi connectivity index (χ0n) is 25.7. The van der Waals surface area contributed by atoms with Crippen LogP contribution in [0.15, 0.2) is 104 Å². The number of carbonyl (C=O) groups is 2. The molecule has 0 atom stereocenters. The summed E-state index contributed by atoms with van der Waals surface area (Å²) >= 11 is 0. The third-order valence-corrected chi connectivity index (χ3v) is 6.28.